The van der Waals surface area contributed by atoms with Gasteiger partial charge in [-0.1, -0.05) is 11.8 Å². The molecule has 2 saturated heterocycles. The lowest BCUT2D eigenvalue weighted by Crippen LogP contribution is -2.48. The normalized spacial score (nSPS) is 51.6. The predicted molar refractivity (Wildman–Crippen MR) is 77.4 cm³/mol. The van der Waals surface area contributed by atoms with Crippen molar-refractivity contribution in [2.24, 2.45) is 28.7 Å². The van der Waals surface area contributed by atoms with Gasteiger partial charge in [0.15, 0.2) is 5.17 Å². The van der Waals surface area contributed by atoms with Crippen LogP contribution in [0.3, 0.4) is 0 Å². The number of nitrogens with one attached hydrogen (secondary N) is 1. The van der Waals surface area contributed by atoms with Crippen LogP contribution in [0.1, 0.15) is 32.1 Å². The van der Waals surface area contributed by atoms with Crippen LogP contribution in [0.25, 0.3) is 0 Å². The van der Waals surface area contributed by atoms with E-state index in [-0.39, 0.29) is 0 Å². The number of thioether (sulfide) groups is 1. The number of aliphatic imine (C=N–C) groups is 1. The monoisotopic (exact) mass is 278 g/mol. The summed E-state index contributed by atoms with van der Waals surface area (Å²) in [6.07, 6.45) is 6.83. The number of ether oxygens (including phenoxy) is 1. The van der Waals surface area contributed by atoms with Crippen LogP contribution in [-0.4, -0.2) is 35.7 Å². The summed E-state index contributed by atoms with van der Waals surface area (Å²) in [4.78, 5) is 5.09. The first-order valence-electron chi connectivity index (χ1n) is 7.91. The molecule has 2 aliphatic heterocycles. The molecular weight excluding hydrogens is 256 g/mol. The fourth-order valence-corrected chi connectivity index (χ4v) is 6.45. The van der Waals surface area contributed by atoms with E-state index < -0.39 is 0 Å². The molecule has 0 amide bonds. The number of nitrogens with zero attached hydrogens (tertiary/aromatic N) is 1. The zero-order valence-corrected chi connectivity index (χ0v) is 12.1. The Hall–Kier alpha value is -0.220. The molecule has 3 aliphatic carbocycles. The lowest BCUT2D eigenvalue weighted by molar-refractivity contribution is 0.0555. The van der Waals surface area contributed by atoms with Gasteiger partial charge in [-0.15, -0.1) is 0 Å². The SMILES string of the molecule is C1CC2(CCO1)CSC(=NC1C3C4CCC(C4)C13)N2. The Morgan fingerprint density at radius 3 is 2.63 bits per heavy atom. The maximum atomic E-state index is 5.49. The van der Waals surface area contributed by atoms with Gasteiger partial charge in [0.1, 0.15) is 0 Å². The van der Waals surface area contributed by atoms with Crippen LogP contribution in [-0.2, 0) is 4.74 Å². The standard InChI is InChI=1S/C15H22N2OS/c1-2-10-7-9(1)11-12(10)13(11)16-14-17-15(8-19-14)3-5-18-6-4-15/h9-13H,1-8H2,(H,16,17). The Labute approximate surface area is 119 Å². The van der Waals surface area contributed by atoms with Crippen LogP contribution >= 0.6 is 11.8 Å². The number of fused-ring (bicyclic) bond motifs is 5. The largest absolute Gasteiger partial charge is 0.381 e. The summed E-state index contributed by atoms with van der Waals surface area (Å²) in [6.45, 7) is 1.83. The van der Waals surface area contributed by atoms with Crippen LogP contribution < -0.4 is 5.32 Å². The summed E-state index contributed by atoms with van der Waals surface area (Å²) < 4.78 is 5.49. The highest BCUT2D eigenvalue weighted by atomic mass is 32.2. The van der Waals surface area contributed by atoms with Crippen molar-refractivity contribution in [2.45, 2.75) is 43.7 Å². The molecule has 1 N–H and O–H groups in total. The highest BCUT2D eigenvalue weighted by molar-refractivity contribution is 8.14. The number of rotatable bonds is 1. The molecule has 0 aromatic carbocycles. The van der Waals surface area contributed by atoms with Crippen LogP contribution in [0.4, 0.5) is 0 Å². The molecular formula is C15H22N2OS. The van der Waals surface area contributed by atoms with Crippen molar-refractivity contribution < 1.29 is 4.74 Å². The highest BCUT2D eigenvalue weighted by Crippen LogP contribution is 2.67. The topological polar surface area (TPSA) is 33.6 Å². The van der Waals surface area contributed by atoms with Gasteiger partial charge in [-0.25, -0.2) is 0 Å². The first kappa shape index (κ1) is 11.4. The summed E-state index contributed by atoms with van der Waals surface area (Å²) in [7, 11) is 0. The van der Waals surface area contributed by atoms with Crippen LogP contribution in [0, 0.1) is 23.7 Å². The first-order valence-corrected chi connectivity index (χ1v) is 8.90. The molecule has 0 aromatic heterocycles. The van der Waals surface area contributed by atoms with Gasteiger partial charge in [-0.05, 0) is 55.8 Å². The van der Waals surface area contributed by atoms with Gasteiger partial charge >= 0.3 is 0 Å². The van der Waals surface area contributed by atoms with Crippen LogP contribution in [0.2, 0.25) is 0 Å². The van der Waals surface area contributed by atoms with E-state index in [1.165, 1.54) is 30.2 Å². The maximum Gasteiger partial charge on any atom is 0.157 e. The van der Waals surface area contributed by atoms with Crippen LogP contribution in [0.15, 0.2) is 4.99 Å². The summed E-state index contributed by atoms with van der Waals surface area (Å²) in [6, 6.07) is 0.691. The van der Waals surface area contributed by atoms with Crippen molar-refractivity contribution in [1.29, 1.82) is 0 Å². The molecule has 0 radical (unpaired) electrons. The van der Waals surface area contributed by atoms with Gasteiger partial charge in [-0.2, -0.15) is 0 Å². The van der Waals surface area contributed by atoms with Gasteiger partial charge in [-0.3, -0.25) is 4.99 Å². The molecule has 4 heteroatoms. The van der Waals surface area contributed by atoms with Crippen molar-refractivity contribution in [3.8, 4) is 0 Å². The molecule has 3 nitrogen and oxygen atoms in total. The van der Waals surface area contributed by atoms with Crippen molar-refractivity contribution in [1.82, 2.24) is 5.32 Å². The van der Waals surface area contributed by atoms with Gasteiger partial charge in [0, 0.05) is 19.0 Å². The molecule has 104 valence electrons. The van der Waals surface area contributed by atoms with E-state index in [9.17, 15) is 0 Å². The van der Waals surface area contributed by atoms with Gasteiger partial charge < -0.3 is 10.1 Å². The lowest BCUT2D eigenvalue weighted by atomic mass is 9.93. The van der Waals surface area contributed by atoms with Gasteiger partial charge in [0.25, 0.3) is 0 Å². The molecule has 5 rings (SSSR count). The fraction of sp³-hybridized carbons (Fsp3) is 0.933. The molecule has 2 bridgehead atoms. The minimum Gasteiger partial charge on any atom is -0.381 e. The summed E-state index contributed by atoms with van der Waals surface area (Å²) in [5.41, 5.74) is 0.310. The van der Waals surface area contributed by atoms with E-state index in [2.05, 4.69) is 5.32 Å². The van der Waals surface area contributed by atoms with Gasteiger partial charge in [0.2, 0.25) is 0 Å². The third kappa shape index (κ3) is 1.65. The Kier molecular flexibility index (Phi) is 2.35. The minimum atomic E-state index is 0.310. The average molecular weight is 278 g/mol. The van der Waals surface area contributed by atoms with E-state index in [0.29, 0.717) is 11.6 Å². The third-order valence-electron chi connectivity index (χ3n) is 6.27. The van der Waals surface area contributed by atoms with E-state index >= 15 is 0 Å². The number of amidine groups is 1. The smallest absolute Gasteiger partial charge is 0.157 e. The molecule has 0 aromatic rings. The summed E-state index contributed by atoms with van der Waals surface area (Å²) in [5, 5.41) is 5.00. The highest BCUT2D eigenvalue weighted by Gasteiger charge is 2.65. The fourth-order valence-electron chi connectivity index (χ4n) is 5.19. The molecule has 5 aliphatic rings. The molecule has 19 heavy (non-hydrogen) atoms. The molecule has 4 unspecified atom stereocenters. The van der Waals surface area contributed by atoms with Gasteiger partial charge in [0.05, 0.1) is 11.6 Å². The maximum absolute atomic E-state index is 5.49. The molecule has 3 saturated carbocycles. The second-order valence-electron chi connectivity index (χ2n) is 7.22. The zero-order chi connectivity index (χ0) is 12.4. The second-order valence-corrected chi connectivity index (χ2v) is 8.18. The summed E-state index contributed by atoms with van der Waals surface area (Å²) >= 11 is 1.96. The van der Waals surface area contributed by atoms with E-state index in [1.54, 1.807) is 0 Å². The number of hydrogen-bond donors (Lipinski definition) is 1. The van der Waals surface area contributed by atoms with Crippen LogP contribution in [0.5, 0.6) is 0 Å². The van der Waals surface area contributed by atoms with E-state index in [1.807, 2.05) is 11.8 Å². The Morgan fingerprint density at radius 2 is 1.89 bits per heavy atom. The Morgan fingerprint density at radius 1 is 1.16 bits per heavy atom. The van der Waals surface area contributed by atoms with Crippen molar-refractivity contribution in [3.63, 3.8) is 0 Å². The zero-order valence-electron chi connectivity index (χ0n) is 11.3. The lowest BCUT2D eigenvalue weighted by Gasteiger charge is -2.32. The van der Waals surface area contributed by atoms with Crippen molar-refractivity contribution >= 4 is 16.9 Å². The Balaban J connectivity index is 1.29. The first-order chi connectivity index (χ1) is 9.35. The molecule has 4 atom stereocenters. The Bertz CT molecular complexity index is 416. The average Bonchev–Trinajstić information content (AvgIpc) is 2.82. The minimum absolute atomic E-state index is 0.310. The predicted octanol–water partition coefficient (Wildman–Crippen LogP) is 2.27. The molecule has 2 heterocycles. The molecule has 5 fully saturated rings. The number of hydrogen-bond acceptors (Lipinski definition) is 3. The quantitative estimate of drug-likeness (QED) is 0.799. The third-order valence-corrected chi connectivity index (χ3v) is 7.45. The van der Waals surface area contributed by atoms with E-state index in [0.717, 1.165) is 49.7 Å². The van der Waals surface area contributed by atoms with E-state index in [4.69, 9.17) is 9.73 Å². The van der Waals surface area contributed by atoms with Crippen molar-refractivity contribution in [3.05, 3.63) is 0 Å². The van der Waals surface area contributed by atoms with Crippen molar-refractivity contribution in [2.75, 3.05) is 19.0 Å². The molecule has 1 spiro atoms. The second kappa shape index (κ2) is 3.91. The summed E-state index contributed by atoms with van der Waals surface area (Å²) in [5.74, 6) is 5.21.